The minimum absolute atomic E-state index is 0.0979. The fourth-order valence-corrected chi connectivity index (χ4v) is 5.65. The predicted octanol–water partition coefficient (Wildman–Crippen LogP) is 3.21. The molecule has 0 aliphatic carbocycles. The van der Waals surface area contributed by atoms with Crippen LogP contribution in [0.15, 0.2) is 12.3 Å². The minimum atomic E-state index is -0.395. The molecule has 0 unspecified atom stereocenters. The molecule has 2 saturated heterocycles. The van der Waals surface area contributed by atoms with E-state index in [1.54, 1.807) is 13.1 Å². The predicted molar refractivity (Wildman–Crippen MR) is 125 cm³/mol. The van der Waals surface area contributed by atoms with Crippen LogP contribution < -0.4 is 10.6 Å². The number of nitrogens with one attached hydrogen (secondary N) is 2. The SMILES string of the molecule is Cc1cc(NC(C)C)ncc1-c1sc(C(=O)N[C@H](C)CO)nc1C(=O)N1C2CCC1CC2. The monoisotopic (exact) mass is 457 g/mol. The van der Waals surface area contributed by atoms with Crippen molar-refractivity contribution in [3.05, 3.63) is 28.5 Å². The van der Waals surface area contributed by atoms with Crippen LogP contribution in [-0.2, 0) is 0 Å². The Morgan fingerprint density at radius 2 is 1.88 bits per heavy atom. The van der Waals surface area contributed by atoms with E-state index in [-0.39, 0.29) is 41.6 Å². The molecule has 2 aliphatic heterocycles. The summed E-state index contributed by atoms with van der Waals surface area (Å²) in [6.07, 6.45) is 5.89. The molecule has 2 bridgehead atoms. The van der Waals surface area contributed by atoms with Gasteiger partial charge in [-0.15, -0.1) is 11.3 Å². The van der Waals surface area contributed by atoms with Crippen molar-refractivity contribution in [3.63, 3.8) is 0 Å². The van der Waals surface area contributed by atoms with Crippen molar-refractivity contribution < 1.29 is 14.7 Å². The lowest BCUT2D eigenvalue weighted by Crippen LogP contribution is -2.36. The summed E-state index contributed by atoms with van der Waals surface area (Å²) >= 11 is 1.20. The zero-order chi connectivity index (χ0) is 23.0. The molecule has 2 aromatic heterocycles. The van der Waals surface area contributed by atoms with E-state index in [0.717, 1.165) is 42.6 Å². The molecule has 32 heavy (non-hydrogen) atoms. The van der Waals surface area contributed by atoms with E-state index in [9.17, 15) is 14.7 Å². The van der Waals surface area contributed by atoms with Gasteiger partial charge in [0.1, 0.15) is 11.5 Å². The van der Waals surface area contributed by atoms with Crippen LogP contribution in [0, 0.1) is 6.92 Å². The van der Waals surface area contributed by atoms with Gasteiger partial charge in [-0.1, -0.05) is 0 Å². The van der Waals surface area contributed by atoms with Gasteiger partial charge in [0.25, 0.3) is 11.8 Å². The third kappa shape index (κ3) is 4.36. The van der Waals surface area contributed by atoms with Crippen molar-refractivity contribution in [3.8, 4) is 10.4 Å². The Morgan fingerprint density at radius 1 is 1.22 bits per heavy atom. The normalized spacial score (nSPS) is 20.6. The average molecular weight is 458 g/mol. The molecular weight excluding hydrogens is 426 g/mol. The smallest absolute Gasteiger partial charge is 0.280 e. The number of carbonyl (C=O) groups is 2. The largest absolute Gasteiger partial charge is 0.394 e. The molecule has 0 saturated carbocycles. The first-order chi connectivity index (χ1) is 15.3. The van der Waals surface area contributed by atoms with Gasteiger partial charge in [-0.25, -0.2) is 9.97 Å². The number of hydrogen-bond acceptors (Lipinski definition) is 7. The summed E-state index contributed by atoms with van der Waals surface area (Å²) in [5, 5.41) is 15.5. The Balaban J connectivity index is 1.73. The van der Waals surface area contributed by atoms with Crippen LogP contribution >= 0.6 is 11.3 Å². The Kier molecular flexibility index (Phi) is 6.48. The first-order valence-corrected chi connectivity index (χ1v) is 12.1. The average Bonchev–Trinajstić information content (AvgIpc) is 3.47. The van der Waals surface area contributed by atoms with E-state index in [1.807, 2.05) is 31.7 Å². The lowest BCUT2D eigenvalue weighted by molar-refractivity contribution is 0.0725. The number of aliphatic hydroxyl groups is 1. The molecule has 2 fully saturated rings. The van der Waals surface area contributed by atoms with Gasteiger partial charge in [-0.3, -0.25) is 9.59 Å². The third-order valence-electron chi connectivity index (χ3n) is 6.15. The fraction of sp³-hybridized carbons (Fsp3) is 0.565. The first-order valence-electron chi connectivity index (χ1n) is 11.3. The van der Waals surface area contributed by atoms with Crippen molar-refractivity contribution >= 4 is 29.0 Å². The third-order valence-corrected chi connectivity index (χ3v) is 7.24. The Morgan fingerprint density at radius 3 is 2.44 bits per heavy atom. The van der Waals surface area contributed by atoms with E-state index in [0.29, 0.717) is 10.6 Å². The van der Waals surface area contributed by atoms with Crippen LogP contribution in [0.4, 0.5) is 5.82 Å². The number of anilines is 1. The minimum Gasteiger partial charge on any atom is -0.394 e. The summed E-state index contributed by atoms with van der Waals surface area (Å²) in [6.45, 7) is 7.62. The highest BCUT2D eigenvalue weighted by Crippen LogP contribution is 2.41. The molecule has 4 heterocycles. The van der Waals surface area contributed by atoms with Crippen molar-refractivity contribution in [2.45, 2.75) is 77.5 Å². The summed E-state index contributed by atoms with van der Waals surface area (Å²) in [5.41, 5.74) is 2.09. The van der Waals surface area contributed by atoms with Gasteiger partial charge < -0.3 is 20.6 Å². The molecule has 3 N–H and O–H groups in total. The summed E-state index contributed by atoms with van der Waals surface area (Å²) in [4.78, 5) is 38.0. The lowest BCUT2D eigenvalue weighted by atomic mass is 10.0. The van der Waals surface area contributed by atoms with Crippen molar-refractivity contribution in [2.24, 2.45) is 0 Å². The molecule has 4 rings (SSSR count). The molecule has 1 atom stereocenters. The van der Waals surface area contributed by atoms with Gasteiger partial charge >= 0.3 is 0 Å². The van der Waals surface area contributed by atoms with E-state index in [4.69, 9.17) is 0 Å². The molecule has 0 radical (unpaired) electrons. The summed E-state index contributed by atoms with van der Waals surface area (Å²) in [5.74, 6) is 0.287. The molecule has 0 spiro atoms. The molecule has 2 aromatic rings. The number of amides is 2. The molecule has 2 amide bonds. The Bertz CT molecular complexity index is 1000. The zero-order valence-electron chi connectivity index (χ0n) is 19.0. The fourth-order valence-electron chi connectivity index (χ4n) is 4.61. The van der Waals surface area contributed by atoms with Gasteiger partial charge in [0, 0.05) is 35.9 Å². The maximum atomic E-state index is 13.6. The van der Waals surface area contributed by atoms with Crippen LogP contribution in [-0.4, -0.2) is 62.6 Å². The van der Waals surface area contributed by atoms with Crippen molar-refractivity contribution in [1.29, 1.82) is 0 Å². The molecule has 8 nitrogen and oxygen atoms in total. The van der Waals surface area contributed by atoms with Gasteiger partial charge in [0.05, 0.1) is 11.5 Å². The second-order valence-corrected chi connectivity index (χ2v) is 10.1. The van der Waals surface area contributed by atoms with Crippen molar-refractivity contribution in [2.75, 3.05) is 11.9 Å². The number of pyridine rings is 1. The number of fused-ring (bicyclic) bond motifs is 2. The number of aromatic nitrogens is 2. The van der Waals surface area contributed by atoms with Crippen LogP contribution in [0.2, 0.25) is 0 Å². The second-order valence-electron chi connectivity index (χ2n) is 9.11. The number of hydrogen-bond donors (Lipinski definition) is 3. The summed E-state index contributed by atoms with van der Waals surface area (Å²) < 4.78 is 0. The number of nitrogens with zero attached hydrogens (tertiary/aromatic N) is 3. The molecule has 0 aromatic carbocycles. The van der Waals surface area contributed by atoms with Crippen LogP contribution in [0.5, 0.6) is 0 Å². The first kappa shape index (κ1) is 22.7. The van der Waals surface area contributed by atoms with E-state index in [1.165, 1.54) is 11.3 Å². The zero-order valence-corrected chi connectivity index (χ0v) is 19.8. The Hall–Kier alpha value is -2.52. The van der Waals surface area contributed by atoms with Crippen LogP contribution in [0.25, 0.3) is 10.4 Å². The van der Waals surface area contributed by atoms with E-state index in [2.05, 4.69) is 20.6 Å². The topological polar surface area (TPSA) is 107 Å². The van der Waals surface area contributed by atoms with Crippen LogP contribution in [0.1, 0.15) is 72.3 Å². The lowest BCUT2D eigenvalue weighted by Gasteiger charge is -2.21. The number of thiazole rings is 1. The summed E-state index contributed by atoms with van der Waals surface area (Å²) in [7, 11) is 0. The summed E-state index contributed by atoms with van der Waals surface area (Å²) in [6, 6.07) is 2.35. The van der Waals surface area contributed by atoms with Crippen molar-refractivity contribution in [1.82, 2.24) is 20.2 Å². The maximum absolute atomic E-state index is 13.6. The molecular formula is C23H31N5O3S. The van der Waals surface area contributed by atoms with E-state index >= 15 is 0 Å². The molecule has 2 aliphatic rings. The highest BCUT2D eigenvalue weighted by Gasteiger charge is 2.44. The quantitative estimate of drug-likeness (QED) is 0.589. The van der Waals surface area contributed by atoms with Gasteiger partial charge in [-0.05, 0) is 65.0 Å². The standard InChI is InChI=1S/C23H31N5O3S/c1-12(2)25-18-9-13(3)17(10-24-18)20-19(23(31)28-15-5-6-16(28)8-7-15)27-22(32-20)21(30)26-14(4)11-29/h9-10,12,14-16,29H,5-8,11H2,1-4H3,(H,24,25)(H,26,30)/t14-,15?,16?/m1/s1. The van der Waals surface area contributed by atoms with Gasteiger partial charge in [-0.2, -0.15) is 0 Å². The van der Waals surface area contributed by atoms with Gasteiger partial charge in [0.2, 0.25) is 0 Å². The molecule has 172 valence electrons. The number of aliphatic hydroxyl groups excluding tert-OH is 1. The van der Waals surface area contributed by atoms with Crippen LogP contribution in [0.3, 0.4) is 0 Å². The number of rotatable bonds is 7. The highest BCUT2D eigenvalue weighted by molar-refractivity contribution is 7.17. The second kappa shape index (κ2) is 9.15. The van der Waals surface area contributed by atoms with Gasteiger partial charge in [0.15, 0.2) is 5.01 Å². The molecule has 9 heteroatoms. The highest BCUT2D eigenvalue weighted by atomic mass is 32.1. The Labute approximate surface area is 192 Å². The van der Waals surface area contributed by atoms with E-state index < -0.39 is 6.04 Å². The number of aryl methyl sites for hydroxylation is 1. The number of carbonyl (C=O) groups excluding carboxylic acids is 2. The maximum Gasteiger partial charge on any atom is 0.280 e.